The summed E-state index contributed by atoms with van der Waals surface area (Å²) in [6.07, 6.45) is 0.861. The third kappa shape index (κ3) is 1.75. The number of hydrogen-bond donors (Lipinski definition) is 1. The van der Waals surface area contributed by atoms with Crippen molar-refractivity contribution in [3.05, 3.63) is 32.1 Å². The van der Waals surface area contributed by atoms with E-state index in [-0.39, 0.29) is 0 Å². The van der Waals surface area contributed by atoms with Crippen LogP contribution in [0.5, 0.6) is 0 Å². The molecule has 0 saturated heterocycles. The maximum absolute atomic E-state index is 10.5. The number of nitrogens with zero attached hydrogens (tertiary/aromatic N) is 2. The van der Waals surface area contributed by atoms with Gasteiger partial charge >= 0.3 is 11.7 Å². The van der Waals surface area contributed by atoms with E-state index in [2.05, 4.69) is 4.98 Å². The first kappa shape index (κ1) is 10.7. The summed E-state index contributed by atoms with van der Waals surface area (Å²) < 4.78 is 0. The molecule has 0 atom stereocenters. The SMILES string of the molecule is O=C(O)c1cnc(Cl)c([N+](=O)[O-])c1Cl. The number of rotatable bonds is 2. The fourth-order valence-corrected chi connectivity index (χ4v) is 1.31. The van der Waals surface area contributed by atoms with E-state index in [4.69, 9.17) is 28.3 Å². The molecule has 14 heavy (non-hydrogen) atoms. The Hall–Kier alpha value is -1.40. The topological polar surface area (TPSA) is 93.3 Å². The third-order valence-corrected chi connectivity index (χ3v) is 2.02. The summed E-state index contributed by atoms with van der Waals surface area (Å²) >= 11 is 10.8. The van der Waals surface area contributed by atoms with Crippen LogP contribution in [0.3, 0.4) is 0 Å². The van der Waals surface area contributed by atoms with E-state index in [1.54, 1.807) is 0 Å². The van der Waals surface area contributed by atoms with E-state index in [0.29, 0.717) is 0 Å². The van der Waals surface area contributed by atoms with Gasteiger partial charge in [-0.2, -0.15) is 0 Å². The van der Waals surface area contributed by atoms with Crippen molar-refractivity contribution >= 4 is 34.9 Å². The molecule has 0 bridgehead atoms. The molecule has 0 aliphatic carbocycles. The molecule has 0 radical (unpaired) electrons. The van der Waals surface area contributed by atoms with Gasteiger partial charge in [0.25, 0.3) is 0 Å². The number of carboxylic acids is 1. The van der Waals surface area contributed by atoms with Crippen LogP contribution in [-0.2, 0) is 0 Å². The van der Waals surface area contributed by atoms with Crippen LogP contribution in [0.4, 0.5) is 5.69 Å². The van der Waals surface area contributed by atoms with Crippen molar-refractivity contribution in [2.45, 2.75) is 0 Å². The Morgan fingerprint density at radius 1 is 1.57 bits per heavy atom. The van der Waals surface area contributed by atoms with Gasteiger partial charge in [0.2, 0.25) is 5.15 Å². The zero-order chi connectivity index (χ0) is 10.9. The number of pyridine rings is 1. The fourth-order valence-electron chi connectivity index (χ4n) is 0.762. The number of halogens is 2. The summed E-state index contributed by atoms with van der Waals surface area (Å²) in [6.45, 7) is 0. The summed E-state index contributed by atoms with van der Waals surface area (Å²) in [4.78, 5) is 23.4. The smallest absolute Gasteiger partial charge is 0.339 e. The van der Waals surface area contributed by atoms with Crippen LogP contribution in [0.25, 0.3) is 0 Å². The summed E-state index contributed by atoms with van der Waals surface area (Å²) in [5.41, 5.74) is -1.16. The van der Waals surface area contributed by atoms with Gasteiger partial charge in [-0.1, -0.05) is 23.2 Å². The van der Waals surface area contributed by atoms with Gasteiger partial charge in [0, 0.05) is 6.20 Å². The number of carboxylic acid groups (broad SMARTS) is 1. The average molecular weight is 237 g/mol. The summed E-state index contributed by atoms with van der Waals surface area (Å²) in [6, 6.07) is 0. The monoisotopic (exact) mass is 236 g/mol. The normalized spacial score (nSPS) is 9.86. The molecular formula is C6H2Cl2N2O4. The molecule has 6 nitrogen and oxygen atoms in total. The molecule has 74 valence electrons. The van der Waals surface area contributed by atoms with Gasteiger partial charge in [-0.25, -0.2) is 9.78 Å². The number of aromatic nitrogens is 1. The molecule has 0 spiro atoms. The number of hydrogen-bond acceptors (Lipinski definition) is 4. The highest BCUT2D eigenvalue weighted by Crippen LogP contribution is 2.32. The van der Waals surface area contributed by atoms with Crippen molar-refractivity contribution in [2.75, 3.05) is 0 Å². The maximum Gasteiger partial charge on any atom is 0.339 e. The molecule has 1 aromatic heterocycles. The third-order valence-electron chi connectivity index (χ3n) is 1.36. The minimum Gasteiger partial charge on any atom is -0.478 e. The molecule has 0 aliphatic heterocycles. The van der Waals surface area contributed by atoms with E-state index < -0.39 is 32.3 Å². The van der Waals surface area contributed by atoms with Gasteiger partial charge in [-0.3, -0.25) is 10.1 Å². The minimum atomic E-state index is -1.40. The quantitative estimate of drug-likeness (QED) is 0.482. The molecule has 0 aliphatic rings. The molecular weight excluding hydrogens is 235 g/mol. The largest absolute Gasteiger partial charge is 0.478 e. The van der Waals surface area contributed by atoms with Crippen molar-refractivity contribution in [3.63, 3.8) is 0 Å². The highest BCUT2D eigenvalue weighted by atomic mass is 35.5. The standard InChI is InChI=1S/C6H2Cl2N2O4/c7-3-2(6(11)12)1-9-5(8)4(3)10(13)14/h1H,(H,11,12). The Morgan fingerprint density at radius 3 is 2.57 bits per heavy atom. The first-order chi connectivity index (χ1) is 6.45. The molecule has 1 heterocycles. The molecule has 1 rings (SSSR count). The molecule has 8 heteroatoms. The predicted molar refractivity (Wildman–Crippen MR) is 47.9 cm³/mol. The van der Waals surface area contributed by atoms with Crippen molar-refractivity contribution in [3.8, 4) is 0 Å². The van der Waals surface area contributed by atoms with Crippen LogP contribution >= 0.6 is 23.2 Å². The molecule has 0 aromatic carbocycles. The predicted octanol–water partition coefficient (Wildman–Crippen LogP) is 1.99. The van der Waals surface area contributed by atoms with Crippen molar-refractivity contribution in [2.24, 2.45) is 0 Å². The maximum atomic E-state index is 10.5. The van der Waals surface area contributed by atoms with Gasteiger partial charge in [-0.15, -0.1) is 0 Å². The second-order valence-corrected chi connectivity index (χ2v) is 2.92. The lowest BCUT2D eigenvalue weighted by Gasteiger charge is -2.00. The van der Waals surface area contributed by atoms with Gasteiger partial charge < -0.3 is 5.11 Å². The number of carbonyl (C=O) groups is 1. The first-order valence-electron chi connectivity index (χ1n) is 3.16. The van der Waals surface area contributed by atoms with Crippen molar-refractivity contribution in [1.82, 2.24) is 4.98 Å². The molecule has 0 fully saturated rings. The Balaban J connectivity index is 3.49. The second kappa shape index (κ2) is 3.77. The van der Waals surface area contributed by atoms with E-state index in [1.165, 1.54) is 0 Å². The highest BCUT2D eigenvalue weighted by Gasteiger charge is 2.25. The van der Waals surface area contributed by atoms with Crippen molar-refractivity contribution in [1.29, 1.82) is 0 Å². The zero-order valence-corrected chi connectivity index (χ0v) is 7.91. The van der Waals surface area contributed by atoms with Crippen LogP contribution in [0.15, 0.2) is 6.20 Å². The number of nitro groups is 1. The fraction of sp³-hybridized carbons (Fsp3) is 0. The highest BCUT2D eigenvalue weighted by molar-refractivity contribution is 6.39. The van der Waals surface area contributed by atoms with E-state index in [0.717, 1.165) is 6.20 Å². The van der Waals surface area contributed by atoms with Gasteiger partial charge in [-0.05, 0) is 0 Å². The lowest BCUT2D eigenvalue weighted by atomic mass is 10.2. The van der Waals surface area contributed by atoms with E-state index in [9.17, 15) is 14.9 Å². The average Bonchev–Trinajstić information content (AvgIpc) is 2.02. The van der Waals surface area contributed by atoms with Crippen LogP contribution in [0.2, 0.25) is 10.2 Å². The summed E-state index contributed by atoms with van der Waals surface area (Å²) in [5.74, 6) is -1.40. The molecule has 1 N–H and O–H groups in total. The van der Waals surface area contributed by atoms with Crippen LogP contribution < -0.4 is 0 Å². The molecule has 0 saturated carbocycles. The van der Waals surface area contributed by atoms with Crippen molar-refractivity contribution < 1.29 is 14.8 Å². The van der Waals surface area contributed by atoms with Crippen LogP contribution in [-0.4, -0.2) is 21.0 Å². The van der Waals surface area contributed by atoms with E-state index >= 15 is 0 Å². The molecule has 0 unspecified atom stereocenters. The molecule has 1 aromatic rings. The lowest BCUT2D eigenvalue weighted by Crippen LogP contribution is -2.02. The Morgan fingerprint density at radius 2 is 2.14 bits per heavy atom. The van der Waals surface area contributed by atoms with Gasteiger partial charge in [0.15, 0.2) is 0 Å². The van der Waals surface area contributed by atoms with E-state index in [1.807, 2.05) is 0 Å². The van der Waals surface area contributed by atoms with Gasteiger partial charge in [0.05, 0.1) is 4.92 Å². The first-order valence-corrected chi connectivity index (χ1v) is 3.92. The van der Waals surface area contributed by atoms with Gasteiger partial charge in [0.1, 0.15) is 10.6 Å². The molecule has 0 amide bonds. The summed E-state index contributed by atoms with van der Waals surface area (Å²) in [5, 5.41) is 18.0. The minimum absolute atomic E-state index is 0.440. The zero-order valence-electron chi connectivity index (χ0n) is 6.40. The lowest BCUT2D eigenvalue weighted by molar-refractivity contribution is -0.384. The summed E-state index contributed by atoms with van der Waals surface area (Å²) in [7, 11) is 0. The number of aromatic carboxylic acids is 1. The second-order valence-electron chi connectivity index (χ2n) is 2.19. The Bertz CT molecular complexity index is 421. The van der Waals surface area contributed by atoms with Crippen LogP contribution in [0.1, 0.15) is 10.4 Å². The Kier molecular flexibility index (Phi) is 2.87. The van der Waals surface area contributed by atoms with Crippen LogP contribution in [0, 0.1) is 10.1 Å². The Labute approximate surface area is 87.2 Å².